The first-order chi connectivity index (χ1) is 14.8. The predicted octanol–water partition coefficient (Wildman–Crippen LogP) is 5.04. The third-order valence-corrected chi connectivity index (χ3v) is 5.72. The molecule has 30 heavy (non-hydrogen) atoms. The van der Waals surface area contributed by atoms with E-state index >= 15 is 0 Å². The van der Waals surface area contributed by atoms with Crippen molar-refractivity contribution in [2.24, 2.45) is 0 Å². The molecule has 0 amide bonds. The van der Waals surface area contributed by atoms with E-state index in [0.29, 0.717) is 16.7 Å². The molecular formula is C23H19N5OS. The summed E-state index contributed by atoms with van der Waals surface area (Å²) in [4.78, 5) is 8.90. The van der Waals surface area contributed by atoms with Gasteiger partial charge in [-0.25, -0.2) is 0 Å². The minimum absolute atomic E-state index is 0.423. The monoisotopic (exact) mass is 413 g/mol. The summed E-state index contributed by atoms with van der Waals surface area (Å²) in [6.45, 7) is 2.08. The van der Waals surface area contributed by atoms with E-state index in [2.05, 4.69) is 56.7 Å². The molecule has 0 radical (unpaired) electrons. The summed E-state index contributed by atoms with van der Waals surface area (Å²) in [7, 11) is 0. The third kappa shape index (κ3) is 3.84. The summed E-state index contributed by atoms with van der Waals surface area (Å²) in [5.74, 6) is 1.23. The van der Waals surface area contributed by atoms with Gasteiger partial charge in [0.15, 0.2) is 11.9 Å². The quantitative estimate of drug-likeness (QED) is 0.470. The van der Waals surface area contributed by atoms with Gasteiger partial charge >= 0.3 is 0 Å². The first-order valence-electron chi connectivity index (χ1n) is 9.62. The first-order valence-corrected chi connectivity index (χ1v) is 10.6. The molecule has 2 aromatic heterocycles. The number of nitrogens with one attached hydrogen (secondary N) is 1. The zero-order valence-electron chi connectivity index (χ0n) is 16.3. The van der Waals surface area contributed by atoms with Crippen molar-refractivity contribution in [1.29, 1.82) is 0 Å². The Labute approximate surface area is 178 Å². The van der Waals surface area contributed by atoms with Crippen molar-refractivity contribution in [3.8, 4) is 17.1 Å². The second-order valence-corrected chi connectivity index (χ2v) is 7.94. The maximum atomic E-state index is 6.26. The molecule has 5 rings (SSSR count). The van der Waals surface area contributed by atoms with E-state index in [1.54, 1.807) is 12.4 Å². The number of para-hydroxylation sites is 1. The smallest absolute Gasteiger partial charge is 0.247 e. The molecule has 1 aliphatic rings. The normalized spacial score (nSPS) is 14.6. The van der Waals surface area contributed by atoms with Gasteiger partial charge in [-0.05, 0) is 24.6 Å². The van der Waals surface area contributed by atoms with E-state index < -0.39 is 6.23 Å². The van der Waals surface area contributed by atoms with Crippen LogP contribution in [0, 0.1) is 6.92 Å². The van der Waals surface area contributed by atoms with Gasteiger partial charge in [-0.1, -0.05) is 65.9 Å². The lowest BCUT2D eigenvalue weighted by Crippen LogP contribution is -2.17. The molecule has 0 aliphatic carbocycles. The van der Waals surface area contributed by atoms with Gasteiger partial charge in [-0.2, -0.15) is 4.98 Å². The molecule has 0 bridgehead atoms. The van der Waals surface area contributed by atoms with Gasteiger partial charge in [0.1, 0.15) is 0 Å². The number of aryl methyl sites for hydroxylation is 1. The van der Waals surface area contributed by atoms with Crippen molar-refractivity contribution < 1.29 is 4.74 Å². The van der Waals surface area contributed by atoms with E-state index in [0.717, 1.165) is 22.6 Å². The Morgan fingerprint density at radius 2 is 1.87 bits per heavy atom. The van der Waals surface area contributed by atoms with E-state index in [4.69, 9.17) is 4.74 Å². The number of hydrogen-bond acceptors (Lipinski definition) is 7. The maximum absolute atomic E-state index is 6.26. The summed E-state index contributed by atoms with van der Waals surface area (Å²) < 4.78 is 6.26. The van der Waals surface area contributed by atoms with E-state index in [1.807, 2.05) is 36.4 Å². The summed E-state index contributed by atoms with van der Waals surface area (Å²) in [5, 5.41) is 12.8. The van der Waals surface area contributed by atoms with Crippen LogP contribution in [0.4, 0.5) is 5.69 Å². The zero-order chi connectivity index (χ0) is 20.3. The van der Waals surface area contributed by atoms with Crippen molar-refractivity contribution in [3.63, 3.8) is 0 Å². The van der Waals surface area contributed by atoms with Crippen molar-refractivity contribution in [2.75, 3.05) is 5.32 Å². The Bertz CT molecular complexity index is 1170. The molecule has 4 aromatic rings. The number of thioether (sulfide) groups is 1. The lowest BCUT2D eigenvalue weighted by molar-refractivity contribution is 0.225. The molecule has 148 valence electrons. The number of anilines is 1. The molecule has 2 aromatic carbocycles. The Hall–Kier alpha value is -3.45. The predicted molar refractivity (Wildman–Crippen MR) is 117 cm³/mol. The van der Waals surface area contributed by atoms with Crippen LogP contribution in [0.15, 0.2) is 78.2 Å². The number of pyridine rings is 1. The van der Waals surface area contributed by atoms with Crippen LogP contribution in [0.2, 0.25) is 0 Å². The number of nitrogens with zero attached hydrogens (tertiary/aromatic N) is 4. The first kappa shape index (κ1) is 18.6. The van der Waals surface area contributed by atoms with E-state index in [9.17, 15) is 0 Å². The number of aromatic nitrogens is 4. The summed E-state index contributed by atoms with van der Waals surface area (Å²) in [5.41, 5.74) is 5.82. The molecule has 0 spiro atoms. The van der Waals surface area contributed by atoms with Gasteiger partial charge < -0.3 is 10.1 Å². The van der Waals surface area contributed by atoms with Crippen molar-refractivity contribution in [2.45, 2.75) is 24.1 Å². The second kappa shape index (κ2) is 8.12. The fourth-order valence-electron chi connectivity index (χ4n) is 3.22. The molecule has 0 saturated carbocycles. The topological polar surface area (TPSA) is 72.8 Å². The molecule has 0 unspecified atom stereocenters. The van der Waals surface area contributed by atoms with Gasteiger partial charge in [0, 0.05) is 35.0 Å². The molecule has 3 heterocycles. The van der Waals surface area contributed by atoms with Crippen LogP contribution in [0.3, 0.4) is 0 Å². The van der Waals surface area contributed by atoms with Crippen molar-refractivity contribution in [3.05, 3.63) is 89.7 Å². The summed E-state index contributed by atoms with van der Waals surface area (Å²) in [6.07, 6.45) is 3.10. The number of rotatable bonds is 4. The van der Waals surface area contributed by atoms with Crippen LogP contribution in [0.5, 0.6) is 5.88 Å². The van der Waals surface area contributed by atoms with Crippen molar-refractivity contribution in [1.82, 2.24) is 20.2 Å². The minimum Gasteiger partial charge on any atom is -0.448 e. The van der Waals surface area contributed by atoms with Gasteiger partial charge in [-0.3, -0.25) is 4.98 Å². The second-order valence-electron chi connectivity index (χ2n) is 7.00. The fraction of sp³-hybridized carbons (Fsp3) is 0.130. The summed E-state index contributed by atoms with van der Waals surface area (Å²) >= 11 is 1.54. The highest BCUT2D eigenvalue weighted by atomic mass is 32.2. The van der Waals surface area contributed by atoms with Gasteiger partial charge in [0.05, 0.1) is 0 Å². The maximum Gasteiger partial charge on any atom is 0.247 e. The molecule has 1 atom stereocenters. The summed E-state index contributed by atoms with van der Waals surface area (Å²) in [6, 6.07) is 20.2. The van der Waals surface area contributed by atoms with E-state index in [-0.39, 0.29) is 0 Å². The molecule has 7 heteroatoms. The van der Waals surface area contributed by atoms with Crippen LogP contribution in [0.1, 0.15) is 22.9 Å². The Kier molecular flexibility index (Phi) is 5.03. The molecule has 1 N–H and O–H groups in total. The van der Waals surface area contributed by atoms with E-state index in [1.165, 1.54) is 22.9 Å². The average Bonchev–Trinajstić information content (AvgIpc) is 2.96. The highest BCUT2D eigenvalue weighted by molar-refractivity contribution is 7.98. The van der Waals surface area contributed by atoms with Crippen LogP contribution in [-0.4, -0.2) is 20.2 Å². The standard InChI is InChI=1S/C23H19N5OS/c1-15-8-10-16(11-9-15)14-30-23-26-22-20(27-28-23)18-6-2-3-7-19(18)25-21(29-22)17-5-4-12-24-13-17/h2-13,21,25H,14H2,1H3/t21-/m1/s1. The highest BCUT2D eigenvalue weighted by Gasteiger charge is 2.26. The zero-order valence-corrected chi connectivity index (χ0v) is 17.1. The van der Waals surface area contributed by atoms with Gasteiger partial charge in [0.25, 0.3) is 0 Å². The highest BCUT2D eigenvalue weighted by Crippen LogP contribution is 2.39. The van der Waals surface area contributed by atoms with Crippen LogP contribution < -0.4 is 10.1 Å². The number of fused-ring (bicyclic) bond motifs is 3. The van der Waals surface area contributed by atoms with Gasteiger partial charge in [0.2, 0.25) is 11.0 Å². The lowest BCUT2D eigenvalue weighted by atomic mass is 10.1. The Morgan fingerprint density at radius 3 is 2.70 bits per heavy atom. The fourth-order valence-corrected chi connectivity index (χ4v) is 3.96. The van der Waals surface area contributed by atoms with Crippen molar-refractivity contribution >= 4 is 17.4 Å². The minimum atomic E-state index is -0.423. The van der Waals surface area contributed by atoms with Crippen LogP contribution in [-0.2, 0) is 5.75 Å². The lowest BCUT2D eigenvalue weighted by Gasteiger charge is -2.18. The average molecular weight is 414 g/mol. The SMILES string of the molecule is Cc1ccc(CSc2nnc3c(n2)O[C@H](c2cccnc2)Nc2ccccc2-3)cc1. The van der Waals surface area contributed by atoms with Crippen LogP contribution >= 0.6 is 11.8 Å². The number of ether oxygens (including phenoxy) is 1. The molecule has 1 aliphatic heterocycles. The van der Waals surface area contributed by atoms with Crippen LogP contribution in [0.25, 0.3) is 11.3 Å². The van der Waals surface area contributed by atoms with Gasteiger partial charge in [-0.15, -0.1) is 10.2 Å². The Morgan fingerprint density at radius 1 is 1.00 bits per heavy atom. The molecular weight excluding hydrogens is 394 g/mol. The Balaban J connectivity index is 1.48. The largest absolute Gasteiger partial charge is 0.448 e. The number of hydrogen-bond donors (Lipinski definition) is 1. The molecule has 0 fully saturated rings. The molecule has 0 saturated heterocycles. The molecule has 6 nitrogen and oxygen atoms in total. The number of benzene rings is 2. The third-order valence-electron chi connectivity index (χ3n) is 4.81.